The van der Waals surface area contributed by atoms with Gasteiger partial charge in [0.1, 0.15) is 18.1 Å². The lowest BCUT2D eigenvalue weighted by molar-refractivity contribution is -0.140. The first-order valence-electron chi connectivity index (χ1n) is 17.2. The van der Waals surface area contributed by atoms with Gasteiger partial charge >= 0.3 is 12.2 Å². The van der Waals surface area contributed by atoms with E-state index in [0.29, 0.717) is 36.6 Å². The molecule has 4 aliphatic heterocycles. The van der Waals surface area contributed by atoms with E-state index in [0.717, 1.165) is 37.9 Å². The number of alkyl halides is 3. The van der Waals surface area contributed by atoms with Crippen LogP contribution in [0.2, 0.25) is 5.02 Å². The van der Waals surface area contributed by atoms with Gasteiger partial charge in [-0.25, -0.2) is 8.78 Å². The summed E-state index contributed by atoms with van der Waals surface area (Å²) in [5.74, 6) is 1.26. The van der Waals surface area contributed by atoms with E-state index in [-0.39, 0.29) is 60.0 Å². The molecule has 2 saturated heterocycles. The van der Waals surface area contributed by atoms with Crippen LogP contribution >= 0.6 is 11.6 Å². The van der Waals surface area contributed by atoms with E-state index in [2.05, 4.69) is 33.4 Å². The van der Waals surface area contributed by atoms with Gasteiger partial charge in [-0.3, -0.25) is 14.4 Å². The van der Waals surface area contributed by atoms with Crippen LogP contribution in [-0.2, 0) is 37.0 Å². The Morgan fingerprint density at radius 3 is 2.66 bits per heavy atom. The van der Waals surface area contributed by atoms with Gasteiger partial charge in [-0.2, -0.15) is 28.2 Å². The van der Waals surface area contributed by atoms with Crippen LogP contribution in [0.4, 0.5) is 33.5 Å². The quantitative estimate of drug-likeness (QED) is 0.147. The smallest absolute Gasteiger partial charge is 0.418 e. The first kappa shape index (κ1) is 36.9. The van der Waals surface area contributed by atoms with E-state index in [9.17, 15) is 18.0 Å². The maximum atomic E-state index is 15.7. The summed E-state index contributed by atoms with van der Waals surface area (Å²) in [6.07, 6.45) is -3.89. The van der Waals surface area contributed by atoms with Gasteiger partial charge in [-0.05, 0) is 39.2 Å². The molecule has 2 fully saturated rings. The zero-order chi connectivity index (χ0) is 38.0. The summed E-state index contributed by atoms with van der Waals surface area (Å²) in [6.45, 7) is 8.11. The minimum atomic E-state index is -5.20. The van der Waals surface area contributed by atoms with Gasteiger partial charge in [0, 0.05) is 51.3 Å². The number of nitrogen functional groups attached to an aromatic ring is 1. The molecule has 7 rings (SSSR count). The molecule has 1 amide bonds. The van der Waals surface area contributed by atoms with E-state index < -0.39 is 46.3 Å². The van der Waals surface area contributed by atoms with Crippen molar-refractivity contribution in [1.29, 1.82) is 0 Å². The molecule has 17 heteroatoms. The number of carbonyl (C=O) groups is 1. The predicted molar refractivity (Wildman–Crippen MR) is 185 cm³/mol. The summed E-state index contributed by atoms with van der Waals surface area (Å²) >= 11 is 6.75. The molecule has 2 aromatic heterocycles. The number of amides is 1. The summed E-state index contributed by atoms with van der Waals surface area (Å²) < 4.78 is 88.6. The average Bonchev–Trinajstić information content (AvgIpc) is 3.68. The minimum Gasteiger partial charge on any atom is -0.461 e. The van der Waals surface area contributed by atoms with E-state index in [1.807, 2.05) is 4.90 Å². The van der Waals surface area contributed by atoms with Crippen molar-refractivity contribution in [3.63, 3.8) is 0 Å². The standard InChI is InChI=1S/C36H38ClF5N8O3/c1-5-8-20-26(36(40,41)42)25(29(39)30(43)28(20)38)24-13-22-21(17-52-24)32(45-34(44-22)53-18-35-9-6-11-49(35)15-19(2)14-35)48-10-7-12-50-23(16-48)27(37)31(46-50)33(51)47(3)4/h24H,2,6-7,9-18,43H2,1,3-4H3/t24-,35+/m0/s1. The highest BCUT2D eigenvalue weighted by atomic mass is 35.5. The maximum Gasteiger partial charge on any atom is 0.418 e. The van der Waals surface area contributed by atoms with E-state index in [4.69, 9.17) is 31.8 Å². The summed E-state index contributed by atoms with van der Waals surface area (Å²) in [4.78, 5) is 28.0. The van der Waals surface area contributed by atoms with Crippen molar-refractivity contribution < 1.29 is 36.2 Å². The summed E-state index contributed by atoms with van der Waals surface area (Å²) in [6, 6.07) is -0.0156. The molecule has 0 saturated carbocycles. The number of nitrogens with zero attached hydrogens (tertiary/aromatic N) is 7. The van der Waals surface area contributed by atoms with Gasteiger partial charge < -0.3 is 25.0 Å². The van der Waals surface area contributed by atoms with Crippen LogP contribution in [0.3, 0.4) is 0 Å². The van der Waals surface area contributed by atoms with E-state index in [1.165, 1.54) is 11.8 Å². The molecule has 4 aliphatic rings. The topological polar surface area (TPSA) is 115 Å². The Bertz CT molecular complexity index is 2080. The molecule has 282 valence electrons. The molecule has 3 aromatic rings. The molecule has 0 aliphatic carbocycles. The Morgan fingerprint density at radius 1 is 1.17 bits per heavy atom. The molecule has 2 N–H and O–H groups in total. The number of ether oxygens (including phenoxy) is 2. The van der Waals surface area contributed by atoms with Crippen LogP contribution in [0.5, 0.6) is 6.01 Å². The van der Waals surface area contributed by atoms with Crippen LogP contribution in [0, 0.1) is 23.5 Å². The van der Waals surface area contributed by atoms with Crippen molar-refractivity contribution in [1.82, 2.24) is 29.5 Å². The number of nitrogens with two attached hydrogens (primary N) is 1. The van der Waals surface area contributed by atoms with E-state index in [1.54, 1.807) is 18.8 Å². The molecule has 2 atom stereocenters. The molecule has 0 bridgehead atoms. The van der Waals surface area contributed by atoms with Gasteiger partial charge in [0.15, 0.2) is 17.3 Å². The molecule has 0 unspecified atom stereocenters. The van der Waals surface area contributed by atoms with Crippen LogP contribution in [-0.4, -0.2) is 81.3 Å². The third-order valence-corrected chi connectivity index (χ3v) is 10.8. The van der Waals surface area contributed by atoms with E-state index >= 15 is 8.78 Å². The highest BCUT2D eigenvalue weighted by molar-refractivity contribution is 6.34. The van der Waals surface area contributed by atoms with Gasteiger partial charge in [0.25, 0.3) is 5.91 Å². The first-order valence-corrected chi connectivity index (χ1v) is 17.6. The zero-order valence-corrected chi connectivity index (χ0v) is 30.2. The number of aromatic nitrogens is 4. The van der Waals surface area contributed by atoms with Gasteiger partial charge in [-0.15, -0.1) is 5.92 Å². The molecule has 11 nitrogen and oxygen atoms in total. The maximum absolute atomic E-state index is 15.7. The number of rotatable bonds is 6. The second kappa shape index (κ2) is 13.7. The molecule has 53 heavy (non-hydrogen) atoms. The molecule has 1 aromatic carbocycles. The summed E-state index contributed by atoms with van der Waals surface area (Å²) in [5.41, 5.74) is 3.22. The fourth-order valence-electron chi connectivity index (χ4n) is 7.97. The van der Waals surface area contributed by atoms with Crippen molar-refractivity contribution in [2.75, 3.05) is 51.0 Å². The van der Waals surface area contributed by atoms with Crippen molar-refractivity contribution >= 4 is 29.0 Å². The second-order valence-electron chi connectivity index (χ2n) is 14.1. The fraction of sp³-hybridized carbons (Fsp3) is 0.500. The second-order valence-corrected chi connectivity index (χ2v) is 14.5. The largest absolute Gasteiger partial charge is 0.461 e. The Morgan fingerprint density at radius 2 is 1.94 bits per heavy atom. The molecular formula is C36H38ClF5N8O3. The Labute approximate surface area is 307 Å². The lowest BCUT2D eigenvalue weighted by Crippen LogP contribution is -2.43. The Balaban J connectivity index is 1.31. The van der Waals surface area contributed by atoms with Crippen molar-refractivity contribution in [3.05, 3.63) is 68.1 Å². The molecule has 6 heterocycles. The number of hydrogen-bond acceptors (Lipinski definition) is 9. The van der Waals surface area contributed by atoms with Crippen LogP contribution in [0.15, 0.2) is 12.2 Å². The minimum absolute atomic E-state index is 0.0156. The lowest BCUT2D eigenvalue weighted by atomic mass is 9.90. The lowest BCUT2D eigenvalue weighted by Gasteiger charge is -2.33. The highest BCUT2D eigenvalue weighted by Crippen LogP contribution is 2.46. The molecule has 0 radical (unpaired) electrons. The Kier molecular flexibility index (Phi) is 9.57. The number of aryl methyl sites for hydroxylation is 1. The average molecular weight is 761 g/mol. The van der Waals surface area contributed by atoms with Crippen molar-refractivity contribution in [2.24, 2.45) is 0 Å². The van der Waals surface area contributed by atoms with Gasteiger partial charge in [0.2, 0.25) is 0 Å². The zero-order valence-electron chi connectivity index (χ0n) is 29.5. The normalized spacial score (nSPS) is 21.4. The van der Waals surface area contributed by atoms with Gasteiger partial charge in [-0.1, -0.05) is 29.7 Å². The number of benzene rings is 1. The van der Waals surface area contributed by atoms with Crippen LogP contribution in [0.25, 0.3) is 0 Å². The molecular weight excluding hydrogens is 723 g/mol. The SMILES string of the molecule is C=C1CN2CCC[C@]2(COc2nc3c(c(N4CCCn5nc(C(=O)N(C)C)c(Cl)c5C4)n2)CO[C@H](c2c(F)c(N)c(F)c(C#CC)c2C(F)(F)F)C3)C1. The van der Waals surface area contributed by atoms with Crippen LogP contribution in [0.1, 0.15) is 82.8 Å². The predicted octanol–water partition coefficient (Wildman–Crippen LogP) is 5.68. The summed E-state index contributed by atoms with van der Waals surface area (Å²) in [5, 5.41) is 4.68. The van der Waals surface area contributed by atoms with Gasteiger partial charge in [0.05, 0.1) is 52.3 Å². The highest BCUT2D eigenvalue weighted by Gasteiger charge is 2.47. The number of halogens is 6. The monoisotopic (exact) mass is 760 g/mol. The first-order chi connectivity index (χ1) is 25.1. The van der Waals surface area contributed by atoms with Crippen LogP contribution < -0.4 is 15.4 Å². The van der Waals surface area contributed by atoms with Crippen molar-refractivity contribution in [3.8, 4) is 17.9 Å². The number of fused-ring (bicyclic) bond motifs is 3. The third kappa shape index (κ3) is 6.46. The number of hydrogen-bond donors (Lipinski definition) is 1. The fourth-order valence-corrected chi connectivity index (χ4v) is 8.24. The number of carbonyl (C=O) groups excluding carboxylic acids is 1. The summed E-state index contributed by atoms with van der Waals surface area (Å²) in [7, 11) is 3.20. The van der Waals surface area contributed by atoms with Crippen molar-refractivity contribution in [2.45, 2.75) is 76.5 Å². The third-order valence-electron chi connectivity index (χ3n) is 10.4. The number of anilines is 2. The Hall–Kier alpha value is -4.46. The molecule has 0 spiro atoms.